The van der Waals surface area contributed by atoms with Crippen molar-refractivity contribution in [2.75, 3.05) is 6.54 Å². The van der Waals surface area contributed by atoms with Gasteiger partial charge in [0.2, 0.25) is 4.96 Å². The van der Waals surface area contributed by atoms with Gasteiger partial charge in [0.1, 0.15) is 5.01 Å². The van der Waals surface area contributed by atoms with Gasteiger partial charge in [-0.25, -0.2) is 0 Å². The standard InChI is InChI=1S/C13H15N5S/c1-2-11-15-16-13-18(11)17-12(19-13)10(8-14)9-6-4-3-5-7-9/h3-7,10H,2,8,14H2,1H3. The SMILES string of the molecule is CCc1nnc2sc(C(CN)c3ccccc3)nn12. The number of nitrogens with two attached hydrogens (primary N) is 1. The molecule has 0 saturated heterocycles. The number of nitrogens with zero attached hydrogens (tertiary/aromatic N) is 4. The maximum Gasteiger partial charge on any atom is 0.234 e. The van der Waals surface area contributed by atoms with Gasteiger partial charge in [-0.15, -0.1) is 10.2 Å². The highest BCUT2D eigenvalue weighted by atomic mass is 32.1. The molecule has 0 aliphatic rings. The summed E-state index contributed by atoms with van der Waals surface area (Å²) in [6.07, 6.45) is 0.822. The second-order valence-electron chi connectivity index (χ2n) is 4.30. The summed E-state index contributed by atoms with van der Waals surface area (Å²) in [5.41, 5.74) is 7.11. The van der Waals surface area contributed by atoms with Crippen molar-refractivity contribution in [2.24, 2.45) is 5.73 Å². The zero-order chi connectivity index (χ0) is 13.2. The zero-order valence-corrected chi connectivity index (χ0v) is 11.5. The second kappa shape index (κ2) is 5.07. The molecule has 0 bridgehead atoms. The van der Waals surface area contributed by atoms with Gasteiger partial charge in [0.15, 0.2) is 5.82 Å². The van der Waals surface area contributed by atoms with E-state index in [2.05, 4.69) is 27.4 Å². The van der Waals surface area contributed by atoms with Crippen LogP contribution in [0.1, 0.15) is 29.2 Å². The van der Waals surface area contributed by atoms with Gasteiger partial charge in [0, 0.05) is 13.0 Å². The van der Waals surface area contributed by atoms with Crippen molar-refractivity contribution in [2.45, 2.75) is 19.3 Å². The smallest absolute Gasteiger partial charge is 0.234 e. The Labute approximate surface area is 115 Å². The molecule has 0 fully saturated rings. The molecular weight excluding hydrogens is 258 g/mol. The normalized spacial score (nSPS) is 12.9. The number of fused-ring (bicyclic) bond motifs is 1. The van der Waals surface area contributed by atoms with Gasteiger partial charge in [-0.3, -0.25) is 0 Å². The van der Waals surface area contributed by atoms with Crippen LogP contribution in [0.3, 0.4) is 0 Å². The Morgan fingerprint density at radius 1 is 1.26 bits per heavy atom. The maximum absolute atomic E-state index is 5.92. The second-order valence-corrected chi connectivity index (χ2v) is 5.29. The molecule has 0 spiro atoms. The minimum Gasteiger partial charge on any atom is -0.329 e. The van der Waals surface area contributed by atoms with E-state index in [9.17, 15) is 0 Å². The molecule has 0 aliphatic heterocycles. The molecule has 1 unspecified atom stereocenters. The number of aromatic nitrogens is 4. The molecule has 5 nitrogen and oxygen atoms in total. The topological polar surface area (TPSA) is 69.1 Å². The number of rotatable bonds is 4. The number of aryl methyl sites for hydroxylation is 1. The van der Waals surface area contributed by atoms with Gasteiger partial charge >= 0.3 is 0 Å². The molecule has 19 heavy (non-hydrogen) atoms. The molecule has 6 heteroatoms. The maximum atomic E-state index is 5.92. The lowest BCUT2D eigenvalue weighted by molar-refractivity contribution is 0.753. The van der Waals surface area contributed by atoms with Crippen molar-refractivity contribution in [1.82, 2.24) is 19.8 Å². The molecular formula is C13H15N5S. The van der Waals surface area contributed by atoms with Crippen LogP contribution in [-0.4, -0.2) is 26.4 Å². The van der Waals surface area contributed by atoms with E-state index in [1.54, 1.807) is 11.3 Å². The predicted octanol–water partition coefficient (Wildman–Crippen LogP) is 1.84. The molecule has 0 aliphatic carbocycles. The summed E-state index contributed by atoms with van der Waals surface area (Å²) in [6, 6.07) is 10.2. The van der Waals surface area contributed by atoms with Crippen LogP contribution >= 0.6 is 11.3 Å². The Kier molecular flexibility index (Phi) is 3.27. The lowest BCUT2D eigenvalue weighted by Gasteiger charge is -2.11. The average Bonchev–Trinajstić information content (AvgIpc) is 3.01. The molecule has 2 aromatic heterocycles. The summed E-state index contributed by atoms with van der Waals surface area (Å²) in [5.74, 6) is 1.01. The van der Waals surface area contributed by atoms with Crippen LogP contribution in [0, 0.1) is 0 Å². The molecule has 3 rings (SSSR count). The first-order valence-corrected chi connectivity index (χ1v) is 7.11. The lowest BCUT2D eigenvalue weighted by Crippen LogP contribution is -2.14. The highest BCUT2D eigenvalue weighted by Crippen LogP contribution is 2.27. The first kappa shape index (κ1) is 12.3. The molecule has 1 aromatic carbocycles. The zero-order valence-electron chi connectivity index (χ0n) is 10.7. The van der Waals surface area contributed by atoms with Crippen LogP contribution in [0.5, 0.6) is 0 Å². The van der Waals surface area contributed by atoms with Crippen molar-refractivity contribution in [3.05, 3.63) is 46.7 Å². The highest BCUT2D eigenvalue weighted by molar-refractivity contribution is 7.16. The van der Waals surface area contributed by atoms with E-state index in [4.69, 9.17) is 5.73 Å². The average molecular weight is 273 g/mol. The number of benzene rings is 1. The molecule has 98 valence electrons. The van der Waals surface area contributed by atoms with Gasteiger partial charge in [-0.2, -0.15) is 9.61 Å². The van der Waals surface area contributed by atoms with Crippen LogP contribution < -0.4 is 5.73 Å². The van der Waals surface area contributed by atoms with Crippen LogP contribution in [0.2, 0.25) is 0 Å². The van der Waals surface area contributed by atoms with E-state index in [1.165, 1.54) is 5.56 Å². The molecule has 0 saturated carbocycles. The minimum atomic E-state index is 0.123. The largest absolute Gasteiger partial charge is 0.329 e. The van der Waals surface area contributed by atoms with Crippen molar-refractivity contribution >= 4 is 16.3 Å². The van der Waals surface area contributed by atoms with Gasteiger partial charge in [0.25, 0.3) is 0 Å². The fraction of sp³-hybridized carbons (Fsp3) is 0.308. The quantitative estimate of drug-likeness (QED) is 0.787. The van der Waals surface area contributed by atoms with Gasteiger partial charge in [0.05, 0.1) is 5.92 Å². The third-order valence-electron chi connectivity index (χ3n) is 3.12. The Bertz CT molecular complexity index is 673. The number of hydrogen-bond donors (Lipinski definition) is 1. The summed E-state index contributed by atoms with van der Waals surface area (Å²) in [7, 11) is 0. The monoisotopic (exact) mass is 273 g/mol. The number of hydrogen-bond acceptors (Lipinski definition) is 5. The Morgan fingerprint density at radius 2 is 2.05 bits per heavy atom. The van der Waals surface area contributed by atoms with Crippen molar-refractivity contribution in [3.63, 3.8) is 0 Å². The third kappa shape index (κ3) is 2.13. The fourth-order valence-corrected chi connectivity index (χ4v) is 3.10. The summed E-state index contributed by atoms with van der Waals surface area (Å²) in [4.78, 5) is 0.834. The van der Waals surface area contributed by atoms with E-state index in [0.29, 0.717) is 6.54 Å². The molecule has 0 amide bonds. The Hall–Kier alpha value is -1.79. The van der Waals surface area contributed by atoms with E-state index in [1.807, 2.05) is 29.6 Å². The lowest BCUT2D eigenvalue weighted by atomic mass is 10.0. The van der Waals surface area contributed by atoms with E-state index in [-0.39, 0.29) is 5.92 Å². The predicted molar refractivity (Wildman–Crippen MR) is 75.4 cm³/mol. The van der Waals surface area contributed by atoms with Crippen molar-refractivity contribution in [3.8, 4) is 0 Å². The van der Waals surface area contributed by atoms with E-state index in [0.717, 1.165) is 22.2 Å². The van der Waals surface area contributed by atoms with Crippen LogP contribution in [-0.2, 0) is 6.42 Å². The molecule has 3 aromatic rings. The van der Waals surface area contributed by atoms with Crippen molar-refractivity contribution in [1.29, 1.82) is 0 Å². The first-order valence-electron chi connectivity index (χ1n) is 6.29. The van der Waals surface area contributed by atoms with Gasteiger partial charge < -0.3 is 5.73 Å². The summed E-state index contributed by atoms with van der Waals surface area (Å²) >= 11 is 1.56. The van der Waals surface area contributed by atoms with Gasteiger partial charge in [-0.05, 0) is 5.56 Å². The fourth-order valence-electron chi connectivity index (χ4n) is 2.10. The summed E-state index contributed by atoms with van der Waals surface area (Å²) in [6.45, 7) is 2.59. The van der Waals surface area contributed by atoms with Crippen LogP contribution in [0.25, 0.3) is 4.96 Å². The Morgan fingerprint density at radius 3 is 2.74 bits per heavy atom. The van der Waals surface area contributed by atoms with E-state index >= 15 is 0 Å². The van der Waals surface area contributed by atoms with E-state index < -0.39 is 0 Å². The highest BCUT2D eigenvalue weighted by Gasteiger charge is 2.19. The first-order chi connectivity index (χ1) is 9.33. The summed E-state index contributed by atoms with van der Waals surface area (Å²) in [5, 5.41) is 13.9. The van der Waals surface area contributed by atoms with Crippen molar-refractivity contribution < 1.29 is 0 Å². The molecule has 2 heterocycles. The minimum absolute atomic E-state index is 0.123. The van der Waals surface area contributed by atoms with Gasteiger partial charge in [-0.1, -0.05) is 48.6 Å². The summed E-state index contributed by atoms with van der Waals surface area (Å²) < 4.78 is 1.82. The molecule has 2 N–H and O–H groups in total. The molecule has 0 radical (unpaired) electrons. The third-order valence-corrected chi connectivity index (χ3v) is 4.14. The van der Waals surface area contributed by atoms with Crippen LogP contribution in [0.4, 0.5) is 0 Å². The Balaban J connectivity index is 2.04. The van der Waals surface area contributed by atoms with Crippen LogP contribution in [0.15, 0.2) is 30.3 Å². The molecule has 1 atom stereocenters.